The minimum atomic E-state index is -1.34. The van der Waals surface area contributed by atoms with Gasteiger partial charge >= 0.3 is 0 Å². The van der Waals surface area contributed by atoms with Crippen LogP contribution in [0, 0.1) is 6.57 Å². The summed E-state index contributed by atoms with van der Waals surface area (Å²) in [7, 11) is -1.34. The molecule has 0 aliphatic rings. The standard InChI is InChI=1S/C6H13NOSi/c1-7-5-6-8-9(2,3)4/h5-6H2,2-4H3. The lowest BCUT2D eigenvalue weighted by Crippen LogP contribution is -2.26. The number of nitrogens with zero attached hydrogens (tertiary/aromatic N) is 1. The Morgan fingerprint density at radius 2 is 2.00 bits per heavy atom. The van der Waals surface area contributed by atoms with Crippen molar-refractivity contribution in [2.75, 3.05) is 13.2 Å². The van der Waals surface area contributed by atoms with E-state index in [9.17, 15) is 0 Å². The molecule has 0 saturated carbocycles. The van der Waals surface area contributed by atoms with Crippen molar-refractivity contribution in [3.63, 3.8) is 0 Å². The first-order valence-corrected chi connectivity index (χ1v) is 6.44. The molecule has 0 amide bonds. The maximum absolute atomic E-state index is 6.47. The van der Waals surface area contributed by atoms with Crippen LogP contribution < -0.4 is 0 Å². The molecule has 0 aromatic carbocycles. The summed E-state index contributed by atoms with van der Waals surface area (Å²) in [6.45, 7) is 14.0. The normalized spacial score (nSPS) is 10.9. The summed E-state index contributed by atoms with van der Waals surface area (Å²) in [6.07, 6.45) is 0. The Balaban J connectivity index is 3.20. The Morgan fingerprint density at radius 1 is 1.44 bits per heavy atom. The van der Waals surface area contributed by atoms with Crippen molar-refractivity contribution in [1.82, 2.24) is 0 Å². The summed E-state index contributed by atoms with van der Waals surface area (Å²) in [5.74, 6) is 0. The zero-order valence-electron chi connectivity index (χ0n) is 6.27. The zero-order valence-corrected chi connectivity index (χ0v) is 7.27. The third-order valence-electron chi connectivity index (χ3n) is 0.738. The minimum Gasteiger partial charge on any atom is -0.410 e. The third kappa shape index (κ3) is 7.67. The van der Waals surface area contributed by atoms with Crippen LogP contribution in [0.5, 0.6) is 0 Å². The van der Waals surface area contributed by atoms with E-state index in [1.54, 1.807) is 0 Å². The van der Waals surface area contributed by atoms with Crippen molar-refractivity contribution in [3.05, 3.63) is 11.4 Å². The van der Waals surface area contributed by atoms with E-state index >= 15 is 0 Å². The van der Waals surface area contributed by atoms with Crippen LogP contribution in [0.1, 0.15) is 0 Å². The first-order valence-electron chi connectivity index (χ1n) is 3.03. The fourth-order valence-corrected chi connectivity index (χ4v) is 1.10. The van der Waals surface area contributed by atoms with Gasteiger partial charge in [0.15, 0.2) is 8.32 Å². The summed E-state index contributed by atoms with van der Waals surface area (Å²) < 4.78 is 5.39. The highest BCUT2D eigenvalue weighted by Gasteiger charge is 2.13. The van der Waals surface area contributed by atoms with Gasteiger partial charge in [0.25, 0.3) is 0 Å². The van der Waals surface area contributed by atoms with Crippen molar-refractivity contribution in [2.45, 2.75) is 19.6 Å². The molecule has 0 aliphatic heterocycles. The average molecular weight is 143 g/mol. The van der Waals surface area contributed by atoms with E-state index in [-0.39, 0.29) is 0 Å². The van der Waals surface area contributed by atoms with Crippen molar-refractivity contribution in [3.8, 4) is 0 Å². The molecule has 0 N–H and O–H groups in total. The number of hydrogen-bond donors (Lipinski definition) is 0. The van der Waals surface area contributed by atoms with Gasteiger partial charge in [-0.15, -0.1) is 0 Å². The molecular formula is C6H13NOSi. The monoisotopic (exact) mass is 143 g/mol. The van der Waals surface area contributed by atoms with Crippen molar-refractivity contribution >= 4 is 8.32 Å². The number of rotatable bonds is 3. The van der Waals surface area contributed by atoms with Crippen LogP contribution in [0.25, 0.3) is 4.85 Å². The SMILES string of the molecule is [C-]#[N+]CCO[Si](C)(C)C. The Bertz CT molecular complexity index is 111. The van der Waals surface area contributed by atoms with Gasteiger partial charge in [0, 0.05) is 0 Å². The van der Waals surface area contributed by atoms with Crippen LogP contribution in [0.2, 0.25) is 19.6 Å². The molecule has 0 atom stereocenters. The van der Waals surface area contributed by atoms with Crippen LogP contribution in [-0.4, -0.2) is 21.5 Å². The predicted octanol–water partition coefficient (Wildman–Crippen LogP) is 1.76. The third-order valence-corrected chi connectivity index (χ3v) is 1.81. The molecule has 0 aromatic heterocycles. The lowest BCUT2D eigenvalue weighted by molar-refractivity contribution is 0.330. The van der Waals surface area contributed by atoms with Gasteiger partial charge in [-0.3, -0.25) is 0 Å². The molecule has 0 aromatic rings. The van der Waals surface area contributed by atoms with Crippen LogP contribution >= 0.6 is 0 Å². The first-order chi connectivity index (χ1) is 4.06. The van der Waals surface area contributed by atoms with E-state index in [4.69, 9.17) is 11.0 Å². The van der Waals surface area contributed by atoms with Gasteiger partial charge in [-0.1, -0.05) is 0 Å². The molecule has 0 unspecified atom stereocenters. The largest absolute Gasteiger partial charge is 0.410 e. The van der Waals surface area contributed by atoms with E-state index in [2.05, 4.69) is 24.5 Å². The van der Waals surface area contributed by atoms with Crippen LogP contribution in [0.3, 0.4) is 0 Å². The van der Waals surface area contributed by atoms with Gasteiger partial charge in [0.2, 0.25) is 6.54 Å². The first kappa shape index (κ1) is 8.67. The molecule has 0 aliphatic carbocycles. The lowest BCUT2D eigenvalue weighted by Gasteiger charge is -2.14. The molecule has 0 fully saturated rings. The summed E-state index contributed by atoms with van der Waals surface area (Å²) in [4.78, 5) is 3.19. The predicted molar refractivity (Wildman–Crippen MR) is 40.8 cm³/mol. The zero-order chi connectivity index (χ0) is 7.33. The molecule has 0 bridgehead atoms. The fourth-order valence-electron chi connectivity index (χ4n) is 0.397. The molecule has 0 saturated heterocycles. The molecule has 52 valence electrons. The van der Waals surface area contributed by atoms with Crippen LogP contribution in [-0.2, 0) is 4.43 Å². The van der Waals surface area contributed by atoms with Gasteiger partial charge in [0.05, 0.1) is 0 Å². The summed E-state index contributed by atoms with van der Waals surface area (Å²) >= 11 is 0. The molecule has 0 radical (unpaired) electrons. The van der Waals surface area contributed by atoms with Crippen LogP contribution in [0.15, 0.2) is 0 Å². The molecule has 0 heterocycles. The Kier molecular flexibility index (Phi) is 3.51. The van der Waals surface area contributed by atoms with Gasteiger partial charge in [-0.25, -0.2) is 6.57 Å². The molecule has 9 heavy (non-hydrogen) atoms. The van der Waals surface area contributed by atoms with E-state index in [1.165, 1.54) is 0 Å². The van der Waals surface area contributed by atoms with Gasteiger partial charge in [-0.2, -0.15) is 0 Å². The van der Waals surface area contributed by atoms with Crippen molar-refractivity contribution < 1.29 is 4.43 Å². The molecule has 0 rings (SSSR count). The highest BCUT2D eigenvalue weighted by atomic mass is 28.4. The summed E-state index contributed by atoms with van der Waals surface area (Å²) in [5, 5.41) is 0. The maximum Gasteiger partial charge on any atom is 0.236 e. The fraction of sp³-hybridized carbons (Fsp3) is 0.833. The second-order valence-electron chi connectivity index (χ2n) is 2.84. The Hall–Kier alpha value is -0.333. The molecule has 2 nitrogen and oxygen atoms in total. The second-order valence-corrected chi connectivity index (χ2v) is 7.36. The quantitative estimate of drug-likeness (QED) is 0.333. The molecular weight excluding hydrogens is 130 g/mol. The highest BCUT2D eigenvalue weighted by molar-refractivity contribution is 6.69. The van der Waals surface area contributed by atoms with E-state index in [1.807, 2.05) is 0 Å². The Labute approximate surface area is 57.8 Å². The highest BCUT2D eigenvalue weighted by Crippen LogP contribution is 2.00. The average Bonchev–Trinajstić information content (AvgIpc) is 1.63. The van der Waals surface area contributed by atoms with E-state index < -0.39 is 8.32 Å². The summed E-state index contributed by atoms with van der Waals surface area (Å²) in [5.41, 5.74) is 0. The van der Waals surface area contributed by atoms with Crippen molar-refractivity contribution in [2.24, 2.45) is 0 Å². The minimum absolute atomic E-state index is 0.504. The van der Waals surface area contributed by atoms with Gasteiger partial charge < -0.3 is 9.27 Å². The molecule has 3 heteroatoms. The van der Waals surface area contributed by atoms with E-state index in [0.717, 1.165) is 0 Å². The Morgan fingerprint density at radius 3 is 2.33 bits per heavy atom. The van der Waals surface area contributed by atoms with Gasteiger partial charge in [0.1, 0.15) is 6.61 Å². The number of hydrogen-bond acceptors (Lipinski definition) is 1. The smallest absolute Gasteiger partial charge is 0.236 e. The van der Waals surface area contributed by atoms with Gasteiger partial charge in [-0.05, 0) is 19.6 Å². The lowest BCUT2D eigenvalue weighted by atomic mass is 10.7. The molecule has 0 spiro atoms. The van der Waals surface area contributed by atoms with Crippen molar-refractivity contribution in [1.29, 1.82) is 0 Å². The summed E-state index contributed by atoms with van der Waals surface area (Å²) in [6, 6.07) is 0. The maximum atomic E-state index is 6.47. The topological polar surface area (TPSA) is 13.6 Å². The van der Waals surface area contributed by atoms with Crippen LogP contribution in [0.4, 0.5) is 0 Å². The second kappa shape index (κ2) is 3.65. The van der Waals surface area contributed by atoms with E-state index in [0.29, 0.717) is 13.2 Å².